The Balaban J connectivity index is 1.39. The highest BCUT2D eigenvalue weighted by Gasteiger charge is 2.29. The Hall–Kier alpha value is -3.31. The molecule has 5 nitrogen and oxygen atoms in total. The molecule has 164 valence electrons. The van der Waals surface area contributed by atoms with Gasteiger partial charge in [0.25, 0.3) is 0 Å². The number of hydrogen-bond donors (Lipinski definition) is 1. The highest BCUT2D eigenvalue weighted by atomic mass is 35.5. The van der Waals surface area contributed by atoms with E-state index in [2.05, 4.69) is 12.1 Å². The third kappa shape index (κ3) is 5.11. The van der Waals surface area contributed by atoms with E-state index in [-0.39, 0.29) is 5.78 Å². The summed E-state index contributed by atoms with van der Waals surface area (Å²) in [5.41, 5.74) is 2.41. The summed E-state index contributed by atoms with van der Waals surface area (Å²) in [6, 6.07) is 20.3. The summed E-state index contributed by atoms with van der Waals surface area (Å²) < 4.78 is 11.5. The Bertz CT molecular complexity index is 1110. The minimum absolute atomic E-state index is 0.0902. The van der Waals surface area contributed by atoms with Crippen molar-refractivity contribution in [2.75, 3.05) is 6.61 Å². The first kappa shape index (κ1) is 21.9. The van der Waals surface area contributed by atoms with Gasteiger partial charge in [-0.3, -0.25) is 9.59 Å². The van der Waals surface area contributed by atoms with E-state index >= 15 is 0 Å². The summed E-state index contributed by atoms with van der Waals surface area (Å²) in [5.74, 6) is -0.0851. The fourth-order valence-corrected chi connectivity index (χ4v) is 4.01. The molecule has 0 radical (unpaired) electrons. The number of carboxylic acids is 1. The SMILES string of the molecule is O=C(CCCc1ccccc1)c1ccc(Oc2cc3c(cc2Cl)C(C(=O)O)CCO3)cc1. The lowest BCUT2D eigenvalue weighted by Crippen LogP contribution is -2.20. The van der Waals surface area contributed by atoms with Crippen LogP contribution in [-0.2, 0) is 11.2 Å². The predicted octanol–water partition coefficient (Wildman–Crippen LogP) is 6.29. The summed E-state index contributed by atoms with van der Waals surface area (Å²) in [4.78, 5) is 24.0. The van der Waals surface area contributed by atoms with Crippen LogP contribution in [0.1, 0.15) is 46.7 Å². The molecule has 1 aliphatic heterocycles. The molecule has 4 rings (SSSR count). The molecule has 0 aliphatic carbocycles. The van der Waals surface area contributed by atoms with Crippen LogP contribution in [0.3, 0.4) is 0 Å². The van der Waals surface area contributed by atoms with Gasteiger partial charge in [0.1, 0.15) is 17.2 Å². The smallest absolute Gasteiger partial charge is 0.311 e. The first-order chi connectivity index (χ1) is 15.5. The summed E-state index contributed by atoms with van der Waals surface area (Å²) in [6.45, 7) is 0.326. The molecule has 1 atom stereocenters. The fraction of sp³-hybridized carbons (Fsp3) is 0.231. The number of aliphatic carboxylic acids is 1. The molecule has 1 unspecified atom stereocenters. The molecule has 0 amide bonds. The molecule has 0 fully saturated rings. The number of benzene rings is 3. The lowest BCUT2D eigenvalue weighted by molar-refractivity contribution is -0.139. The predicted molar refractivity (Wildman–Crippen MR) is 122 cm³/mol. The topological polar surface area (TPSA) is 72.8 Å². The number of carboxylic acid groups (broad SMARTS) is 1. The molecule has 1 N–H and O–H groups in total. The maximum absolute atomic E-state index is 12.5. The second-order valence-corrected chi connectivity index (χ2v) is 8.14. The van der Waals surface area contributed by atoms with E-state index in [4.69, 9.17) is 21.1 Å². The van der Waals surface area contributed by atoms with Gasteiger partial charge < -0.3 is 14.6 Å². The Labute approximate surface area is 191 Å². The third-order valence-electron chi connectivity index (χ3n) is 5.52. The number of rotatable bonds is 8. The van der Waals surface area contributed by atoms with Gasteiger partial charge in [-0.05, 0) is 55.2 Å². The van der Waals surface area contributed by atoms with Crippen molar-refractivity contribution in [1.82, 2.24) is 0 Å². The van der Waals surface area contributed by atoms with Crippen LogP contribution >= 0.6 is 11.6 Å². The Kier molecular flexibility index (Phi) is 6.76. The van der Waals surface area contributed by atoms with Crippen LogP contribution < -0.4 is 9.47 Å². The maximum Gasteiger partial charge on any atom is 0.311 e. The summed E-state index contributed by atoms with van der Waals surface area (Å²) in [5, 5.41) is 9.71. The average Bonchev–Trinajstić information content (AvgIpc) is 2.80. The van der Waals surface area contributed by atoms with Gasteiger partial charge in [-0.1, -0.05) is 41.9 Å². The minimum Gasteiger partial charge on any atom is -0.493 e. The van der Waals surface area contributed by atoms with Gasteiger partial charge in [-0.2, -0.15) is 0 Å². The van der Waals surface area contributed by atoms with Crippen molar-refractivity contribution in [3.8, 4) is 17.2 Å². The van der Waals surface area contributed by atoms with Crippen LogP contribution in [0.5, 0.6) is 17.2 Å². The largest absolute Gasteiger partial charge is 0.493 e. The molecule has 3 aromatic rings. The van der Waals surface area contributed by atoms with Crippen molar-refractivity contribution in [2.24, 2.45) is 0 Å². The standard InChI is InChI=1S/C26H23ClO5/c27-22-15-21-20(26(29)30)13-14-31-24(21)16-25(22)32-19-11-9-18(10-12-19)23(28)8-4-7-17-5-2-1-3-6-17/h1-3,5-6,9-12,15-16,20H,4,7-8,13-14H2,(H,29,30). The zero-order chi connectivity index (χ0) is 22.5. The zero-order valence-corrected chi connectivity index (χ0v) is 18.2. The number of ketones is 1. The van der Waals surface area contributed by atoms with Crippen molar-refractivity contribution in [2.45, 2.75) is 31.6 Å². The molecular formula is C26H23ClO5. The molecular weight excluding hydrogens is 428 g/mol. The molecule has 3 aromatic carbocycles. The third-order valence-corrected chi connectivity index (χ3v) is 5.81. The van der Waals surface area contributed by atoms with Crippen LogP contribution in [0.15, 0.2) is 66.7 Å². The fourth-order valence-electron chi connectivity index (χ4n) is 3.80. The summed E-state index contributed by atoms with van der Waals surface area (Å²) >= 11 is 6.34. The van der Waals surface area contributed by atoms with E-state index in [1.165, 1.54) is 5.56 Å². The van der Waals surface area contributed by atoms with Crippen molar-refractivity contribution in [1.29, 1.82) is 0 Å². The summed E-state index contributed by atoms with van der Waals surface area (Å²) in [6.07, 6.45) is 2.55. The minimum atomic E-state index is -0.900. The van der Waals surface area contributed by atoms with Gasteiger partial charge in [-0.25, -0.2) is 0 Å². The van der Waals surface area contributed by atoms with Crippen molar-refractivity contribution in [3.05, 3.63) is 88.4 Å². The quantitative estimate of drug-likeness (QED) is 0.408. The average molecular weight is 451 g/mol. The van der Waals surface area contributed by atoms with Crippen LogP contribution in [0.2, 0.25) is 5.02 Å². The van der Waals surface area contributed by atoms with Gasteiger partial charge in [0.05, 0.1) is 17.5 Å². The van der Waals surface area contributed by atoms with Crippen LogP contribution in [-0.4, -0.2) is 23.5 Å². The number of carbonyl (C=O) groups excluding carboxylic acids is 1. The van der Waals surface area contributed by atoms with Crippen molar-refractivity contribution in [3.63, 3.8) is 0 Å². The molecule has 1 heterocycles. The number of carbonyl (C=O) groups is 2. The van der Waals surface area contributed by atoms with Crippen LogP contribution in [0, 0.1) is 0 Å². The molecule has 1 aliphatic rings. The highest BCUT2D eigenvalue weighted by molar-refractivity contribution is 6.32. The molecule has 0 saturated heterocycles. The summed E-state index contributed by atoms with van der Waals surface area (Å²) in [7, 11) is 0. The Morgan fingerprint density at radius 2 is 1.81 bits per heavy atom. The number of hydrogen-bond acceptors (Lipinski definition) is 4. The zero-order valence-electron chi connectivity index (χ0n) is 17.4. The Morgan fingerprint density at radius 3 is 2.53 bits per heavy atom. The van der Waals surface area contributed by atoms with Crippen molar-refractivity contribution < 1.29 is 24.2 Å². The van der Waals surface area contributed by atoms with E-state index in [1.54, 1.807) is 36.4 Å². The van der Waals surface area contributed by atoms with Gasteiger partial charge in [0.2, 0.25) is 0 Å². The first-order valence-electron chi connectivity index (χ1n) is 10.6. The van der Waals surface area contributed by atoms with Gasteiger partial charge in [-0.15, -0.1) is 0 Å². The van der Waals surface area contributed by atoms with Gasteiger partial charge in [0.15, 0.2) is 5.78 Å². The van der Waals surface area contributed by atoms with Gasteiger partial charge >= 0.3 is 5.97 Å². The monoisotopic (exact) mass is 450 g/mol. The second-order valence-electron chi connectivity index (χ2n) is 7.74. The molecule has 0 spiro atoms. The number of ether oxygens (including phenoxy) is 2. The first-order valence-corrected chi connectivity index (χ1v) is 10.9. The van der Waals surface area contributed by atoms with E-state index in [9.17, 15) is 14.7 Å². The van der Waals surface area contributed by atoms with Crippen molar-refractivity contribution >= 4 is 23.4 Å². The highest BCUT2D eigenvalue weighted by Crippen LogP contribution is 2.41. The van der Waals surface area contributed by atoms with E-state index < -0.39 is 11.9 Å². The second kappa shape index (κ2) is 9.88. The Morgan fingerprint density at radius 1 is 1.06 bits per heavy atom. The number of aryl methyl sites for hydroxylation is 1. The number of halogens is 1. The van der Waals surface area contributed by atoms with E-state index in [1.807, 2.05) is 18.2 Å². The normalized spacial score (nSPS) is 14.8. The molecule has 0 bridgehead atoms. The molecule has 6 heteroatoms. The molecule has 0 saturated carbocycles. The van der Waals surface area contributed by atoms with Gasteiger partial charge in [0, 0.05) is 23.6 Å². The molecule has 32 heavy (non-hydrogen) atoms. The lowest BCUT2D eigenvalue weighted by atomic mass is 9.93. The van der Waals surface area contributed by atoms with E-state index in [0.717, 1.165) is 12.8 Å². The maximum atomic E-state index is 12.5. The molecule has 0 aromatic heterocycles. The lowest BCUT2D eigenvalue weighted by Gasteiger charge is -2.24. The number of fused-ring (bicyclic) bond motifs is 1. The number of Topliss-reactive ketones (excluding diaryl/α,β-unsaturated/α-hetero) is 1. The van der Waals surface area contributed by atoms with E-state index in [0.29, 0.717) is 52.8 Å². The van der Waals surface area contributed by atoms with Crippen LogP contribution in [0.25, 0.3) is 0 Å². The van der Waals surface area contributed by atoms with Crippen LogP contribution in [0.4, 0.5) is 0 Å².